The number of ether oxygens (including phenoxy) is 2. The molecular formula is C10H21NO6. The Kier molecular flexibility index (Phi) is 8.01. The number of nitrogens with one attached hydrogen (secondary N) is 1. The molecule has 0 fully saturated rings. The summed E-state index contributed by atoms with van der Waals surface area (Å²) in [5.74, 6) is -0.399. The normalized spacial score (nSPS) is 18.2. The number of hydrogen-bond donors (Lipinski definition) is 4. The lowest BCUT2D eigenvalue weighted by molar-refractivity contribution is -0.129. The molecule has 1 amide bonds. The summed E-state index contributed by atoms with van der Waals surface area (Å²) in [6.07, 6.45) is -3.43. The smallest absolute Gasteiger partial charge is 0.246 e. The van der Waals surface area contributed by atoms with E-state index in [2.05, 4.69) is 10.1 Å². The number of carbonyl (C=O) groups is 1. The van der Waals surface area contributed by atoms with E-state index in [1.807, 2.05) is 0 Å². The number of carbonyl (C=O) groups excluding carboxylic acids is 1. The molecule has 0 saturated carbocycles. The first-order valence-electron chi connectivity index (χ1n) is 5.26. The van der Waals surface area contributed by atoms with Gasteiger partial charge in [0.2, 0.25) is 5.91 Å². The van der Waals surface area contributed by atoms with Gasteiger partial charge < -0.3 is 30.1 Å². The fourth-order valence-corrected chi connectivity index (χ4v) is 1.35. The highest BCUT2D eigenvalue weighted by atomic mass is 16.5. The van der Waals surface area contributed by atoms with Crippen molar-refractivity contribution in [2.24, 2.45) is 0 Å². The highest BCUT2D eigenvalue weighted by Crippen LogP contribution is 2.07. The monoisotopic (exact) mass is 251 g/mol. The van der Waals surface area contributed by atoms with Crippen LogP contribution >= 0.6 is 0 Å². The molecule has 0 aromatic heterocycles. The maximum absolute atomic E-state index is 11.2. The Morgan fingerprint density at radius 3 is 2.29 bits per heavy atom. The van der Waals surface area contributed by atoms with E-state index in [1.165, 1.54) is 21.1 Å². The second kappa shape index (κ2) is 8.37. The lowest BCUT2D eigenvalue weighted by atomic mass is 10.0. The van der Waals surface area contributed by atoms with E-state index in [0.717, 1.165) is 0 Å². The summed E-state index contributed by atoms with van der Waals surface area (Å²) in [4.78, 5) is 11.2. The van der Waals surface area contributed by atoms with Crippen LogP contribution < -0.4 is 5.32 Å². The molecule has 4 N–H and O–H groups in total. The molecule has 0 heterocycles. The topological polar surface area (TPSA) is 108 Å². The molecule has 0 aromatic rings. The van der Waals surface area contributed by atoms with Gasteiger partial charge in [-0.15, -0.1) is 0 Å². The fraction of sp³-hybridized carbons (Fsp3) is 0.900. The Labute approximate surface area is 100 Å². The van der Waals surface area contributed by atoms with Gasteiger partial charge >= 0.3 is 0 Å². The predicted octanol–water partition coefficient (Wildman–Crippen LogP) is -2.13. The van der Waals surface area contributed by atoms with Crippen molar-refractivity contribution in [1.29, 1.82) is 0 Å². The molecule has 7 nitrogen and oxygen atoms in total. The molecule has 3 unspecified atom stereocenters. The third-order valence-corrected chi connectivity index (χ3v) is 2.39. The van der Waals surface area contributed by atoms with Crippen molar-refractivity contribution < 1.29 is 29.6 Å². The van der Waals surface area contributed by atoms with Gasteiger partial charge in [0.05, 0.1) is 12.6 Å². The summed E-state index contributed by atoms with van der Waals surface area (Å²) in [5.41, 5.74) is 0. The van der Waals surface area contributed by atoms with Crippen LogP contribution in [0.4, 0.5) is 0 Å². The van der Waals surface area contributed by atoms with Gasteiger partial charge in [0.15, 0.2) is 0 Å². The number of methoxy groups -OCH3 is 2. The van der Waals surface area contributed by atoms with Gasteiger partial charge in [-0.3, -0.25) is 4.79 Å². The average molecular weight is 251 g/mol. The maximum Gasteiger partial charge on any atom is 0.246 e. The zero-order valence-corrected chi connectivity index (χ0v) is 10.3. The second-order valence-electron chi connectivity index (χ2n) is 3.73. The molecular weight excluding hydrogens is 230 g/mol. The number of rotatable bonds is 8. The Balaban J connectivity index is 4.27. The molecule has 0 rings (SSSR count). The van der Waals surface area contributed by atoms with Crippen LogP contribution in [0.25, 0.3) is 0 Å². The van der Waals surface area contributed by atoms with Crippen molar-refractivity contribution in [2.45, 2.75) is 31.3 Å². The molecule has 7 heteroatoms. The molecule has 0 aliphatic heterocycles. The van der Waals surface area contributed by atoms with Crippen LogP contribution in [0, 0.1) is 0 Å². The van der Waals surface area contributed by atoms with Gasteiger partial charge in [-0.25, -0.2) is 0 Å². The summed E-state index contributed by atoms with van der Waals surface area (Å²) >= 11 is 0. The van der Waals surface area contributed by atoms with Crippen molar-refractivity contribution in [2.75, 3.05) is 27.4 Å². The van der Waals surface area contributed by atoms with Crippen LogP contribution in [-0.2, 0) is 14.3 Å². The van der Waals surface area contributed by atoms with Crippen molar-refractivity contribution in [3.63, 3.8) is 0 Å². The Morgan fingerprint density at radius 1 is 1.29 bits per heavy atom. The lowest BCUT2D eigenvalue weighted by Gasteiger charge is -2.28. The van der Waals surface area contributed by atoms with Gasteiger partial charge in [0.1, 0.15) is 24.9 Å². The third kappa shape index (κ3) is 5.42. The number of aliphatic hydroxyl groups excluding tert-OH is 3. The number of amides is 1. The molecule has 4 atom stereocenters. The van der Waals surface area contributed by atoms with Gasteiger partial charge in [0.25, 0.3) is 0 Å². The van der Waals surface area contributed by atoms with Crippen LogP contribution in [0.1, 0.15) is 6.92 Å². The van der Waals surface area contributed by atoms with Crippen molar-refractivity contribution in [3.05, 3.63) is 0 Å². The van der Waals surface area contributed by atoms with E-state index < -0.39 is 36.9 Å². The quantitative estimate of drug-likeness (QED) is 0.392. The largest absolute Gasteiger partial charge is 0.394 e. The third-order valence-electron chi connectivity index (χ3n) is 2.39. The summed E-state index contributed by atoms with van der Waals surface area (Å²) in [7, 11) is 2.69. The van der Waals surface area contributed by atoms with E-state index in [4.69, 9.17) is 9.84 Å². The van der Waals surface area contributed by atoms with E-state index >= 15 is 0 Å². The minimum absolute atomic E-state index is 0.124. The molecule has 0 aromatic carbocycles. The van der Waals surface area contributed by atoms with E-state index in [1.54, 1.807) is 0 Å². The molecule has 17 heavy (non-hydrogen) atoms. The SMILES string of the molecule is COCC(=O)N[C@@H](C)C(O)C(O)C(CO)OC. The van der Waals surface area contributed by atoms with E-state index in [0.29, 0.717) is 0 Å². The van der Waals surface area contributed by atoms with E-state index in [9.17, 15) is 15.0 Å². The van der Waals surface area contributed by atoms with Crippen LogP contribution in [0.3, 0.4) is 0 Å². The van der Waals surface area contributed by atoms with Crippen LogP contribution in [0.15, 0.2) is 0 Å². The van der Waals surface area contributed by atoms with Crippen LogP contribution in [-0.4, -0.2) is 73.0 Å². The van der Waals surface area contributed by atoms with Crippen molar-refractivity contribution in [1.82, 2.24) is 5.32 Å². The fourth-order valence-electron chi connectivity index (χ4n) is 1.35. The maximum atomic E-state index is 11.2. The Hall–Kier alpha value is -0.730. The summed E-state index contributed by atoms with van der Waals surface area (Å²) in [5, 5.41) is 30.8. The molecule has 102 valence electrons. The second-order valence-corrected chi connectivity index (χ2v) is 3.73. The van der Waals surface area contributed by atoms with Gasteiger partial charge in [0, 0.05) is 14.2 Å². The molecule has 0 radical (unpaired) electrons. The minimum Gasteiger partial charge on any atom is -0.394 e. The molecule has 0 saturated heterocycles. The lowest BCUT2D eigenvalue weighted by Crippen LogP contribution is -2.52. The zero-order chi connectivity index (χ0) is 13.4. The first-order valence-corrected chi connectivity index (χ1v) is 5.26. The summed E-state index contributed by atoms with van der Waals surface area (Å²) in [6.45, 7) is 0.986. The zero-order valence-electron chi connectivity index (χ0n) is 10.3. The van der Waals surface area contributed by atoms with Crippen LogP contribution in [0.5, 0.6) is 0 Å². The highest BCUT2D eigenvalue weighted by Gasteiger charge is 2.30. The van der Waals surface area contributed by atoms with Crippen molar-refractivity contribution >= 4 is 5.91 Å². The molecule has 0 aliphatic rings. The molecule has 0 aliphatic carbocycles. The standard InChI is InChI=1S/C10H21NO6/c1-6(11-8(13)5-16-2)9(14)10(15)7(4-12)17-3/h6-7,9-10,12,14-15H,4-5H2,1-3H3,(H,11,13)/t6-,7?,9?,10?/m0/s1. The summed E-state index contributed by atoms with van der Waals surface area (Å²) < 4.78 is 9.40. The Morgan fingerprint density at radius 2 is 1.88 bits per heavy atom. The summed E-state index contributed by atoms with van der Waals surface area (Å²) in [6, 6.07) is -0.683. The molecule has 0 bridgehead atoms. The van der Waals surface area contributed by atoms with Crippen LogP contribution in [0.2, 0.25) is 0 Å². The predicted molar refractivity (Wildman–Crippen MR) is 59.4 cm³/mol. The molecule has 0 spiro atoms. The van der Waals surface area contributed by atoms with Gasteiger partial charge in [-0.1, -0.05) is 0 Å². The Bertz CT molecular complexity index is 221. The van der Waals surface area contributed by atoms with Gasteiger partial charge in [-0.2, -0.15) is 0 Å². The van der Waals surface area contributed by atoms with Gasteiger partial charge in [-0.05, 0) is 6.92 Å². The first kappa shape index (κ1) is 16.3. The average Bonchev–Trinajstić information content (AvgIpc) is 2.29. The van der Waals surface area contributed by atoms with E-state index in [-0.39, 0.29) is 6.61 Å². The highest BCUT2D eigenvalue weighted by molar-refractivity contribution is 5.77. The first-order chi connectivity index (χ1) is 7.97. The minimum atomic E-state index is -1.29. The number of aliphatic hydroxyl groups is 3. The number of hydrogen-bond acceptors (Lipinski definition) is 6. The van der Waals surface area contributed by atoms with Crippen molar-refractivity contribution in [3.8, 4) is 0 Å².